The van der Waals surface area contributed by atoms with Crippen LogP contribution in [0.5, 0.6) is 0 Å². The van der Waals surface area contributed by atoms with E-state index in [-0.39, 0.29) is 5.91 Å². The quantitative estimate of drug-likeness (QED) is 0.876. The lowest BCUT2D eigenvalue weighted by Crippen LogP contribution is -2.50. The number of carbonyl (C=O) groups is 1. The molecule has 4 heteroatoms. The van der Waals surface area contributed by atoms with Gasteiger partial charge in [-0.05, 0) is 31.2 Å². The van der Waals surface area contributed by atoms with Crippen molar-refractivity contribution in [3.63, 3.8) is 0 Å². The smallest absolute Gasteiger partial charge is 0.242 e. The summed E-state index contributed by atoms with van der Waals surface area (Å²) in [6.45, 7) is 4.43. The molecule has 0 aliphatic carbocycles. The Balaban J connectivity index is 3.09. The van der Waals surface area contributed by atoms with E-state index in [0.717, 1.165) is 10.0 Å². The molecular formula is C11H15BrN2O. The summed E-state index contributed by atoms with van der Waals surface area (Å²) in [5.74, 6) is -0.369. The summed E-state index contributed by atoms with van der Waals surface area (Å²) >= 11 is 3.35. The number of amides is 1. The zero-order valence-electron chi connectivity index (χ0n) is 8.88. The molecule has 1 amide bonds. The minimum absolute atomic E-state index is 0.369. The van der Waals surface area contributed by atoms with Gasteiger partial charge in [-0.1, -0.05) is 35.0 Å². The highest BCUT2D eigenvalue weighted by Gasteiger charge is 2.31. The molecule has 1 rings (SSSR count). The Morgan fingerprint density at radius 1 is 1.47 bits per heavy atom. The normalized spacial score (nSPS) is 14.6. The number of hydrogen-bond donors (Lipinski definition) is 2. The van der Waals surface area contributed by atoms with Gasteiger partial charge >= 0.3 is 0 Å². The highest BCUT2D eigenvalue weighted by atomic mass is 79.9. The number of benzene rings is 1. The molecule has 1 unspecified atom stereocenters. The van der Waals surface area contributed by atoms with Gasteiger partial charge in [-0.15, -0.1) is 0 Å². The third-order valence-electron chi connectivity index (χ3n) is 2.44. The van der Waals surface area contributed by atoms with Gasteiger partial charge < -0.3 is 11.1 Å². The molecule has 0 bridgehead atoms. The van der Waals surface area contributed by atoms with Crippen LogP contribution < -0.4 is 11.1 Å². The van der Waals surface area contributed by atoms with Crippen LogP contribution in [0.1, 0.15) is 19.4 Å². The Morgan fingerprint density at radius 3 is 2.40 bits per heavy atom. The maximum absolute atomic E-state index is 11.4. The third-order valence-corrected chi connectivity index (χ3v) is 2.97. The standard InChI is InChI=1S/C11H15BrN2O/c1-3-14-11(2,10(13)15)8-4-6-9(12)7-5-8/h4-7,14H,3H2,1-2H3,(H2,13,15). The van der Waals surface area contributed by atoms with Crippen LogP contribution >= 0.6 is 15.9 Å². The van der Waals surface area contributed by atoms with E-state index in [2.05, 4.69) is 21.2 Å². The Morgan fingerprint density at radius 2 is 2.00 bits per heavy atom. The van der Waals surface area contributed by atoms with E-state index in [1.54, 1.807) is 6.92 Å². The van der Waals surface area contributed by atoms with Crippen LogP contribution in [0.15, 0.2) is 28.7 Å². The first-order valence-corrected chi connectivity index (χ1v) is 5.61. The van der Waals surface area contributed by atoms with Crippen molar-refractivity contribution in [1.29, 1.82) is 0 Å². The highest BCUT2D eigenvalue weighted by molar-refractivity contribution is 9.10. The molecule has 0 saturated carbocycles. The summed E-state index contributed by atoms with van der Waals surface area (Å²) in [4.78, 5) is 11.4. The number of rotatable bonds is 4. The summed E-state index contributed by atoms with van der Waals surface area (Å²) in [6.07, 6.45) is 0. The topological polar surface area (TPSA) is 55.1 Å². The molecule has 0 fully saturated rings. The van der Waals surface area contributed by atoms with Crippen molar-refractivity contribution in [3.8, 4) is 0 Å². The predicted molar refractivity (Wildman–Crippen MR) is 64.4 cm³/mol. The second-order valence-corrected chi connectivity index (χ2v) is 4.44. The van der Waals surface area contributed by atoms with Gasteiger partial charge in [-0.25, -0.2) is 0 Å². The maximum atomic E-state index is 11.4. The van der Waals surface area contributed by atoms with Gasteiger partial charge in [0.25, 0.3) is 0 Å². The van der Waals surface area contributed by atoms with Crippen molar-refractivity contribution in [2.75, 3.05) is 6.54 Å². The van der Waals surface area contributed by atoms with Crippen LogP contribution in [-0.2, 0) is 10.3 Å². The first-order valence-electron chi connectivity index (χ1n) is 4.81. The van der Waals surface area contributed by atoms with E-state index in [9.17, 15) is 4.79 Å². The van der Waals surface area contributed by atoms with Crippen molar-refractivity contribution < 1.29 is 4.79 Å². The van der Waals surface area contributed by atoms with Crippen LogP contribution in [0.25, 0.3) is 0 Å². The minimum atomic E-state index is -0.796. The molecule has 15 heavy (non-hydrogen) atoms. The van der Waals surface area contributed by atoms with Crippen molar-refractivity contribution in [2.45, 2.75) is 19.4 Å². The van der Waals surface area contributed by atoms with Gasteiger partial charge in [-0.3, -0.25) is 4.79 Å². The number of nitrogens with two attached hydrogens (primary N) is 1. The molecule has 0 heterocycles. The van der Waals surface area contributed by atoms with Gasteiger partial charge in [-0.2, -0.15) is 0 Å². The average Bonchev–Trinajstić information content (AvgIpc) is 2.18. The molecule has 3 nitrogen and oxygen atoms in total. The van der Waals surface area contributed by atoms with Crippen LogP contribution in [0, 0.1) is 0 Å². The fourth-order valence-electron chi connectivity index (χ4n) is 1.47. The number of primary amides is 1. The molecule has 0 aliphatic rings. The maximum Gasteiger partial charge on any atom is 0.242 e. The number of halogens is 1. The first-order chi connectivity index (χ1) is 7.00. The molecule has 0 aliphatic heterocycles. The number of likely N-dealkylation sites (N-methyl/N-ethyl adjacent to an activating group) is 1. The fourth-order valence-corrected chi connectivity index (χ4v) is 1.73. The summed E-state index contributed by atoms with van der Waals surface area (Å²) in [5, 5.41) is 3.10. The summed E-state index contributed by atoms with van der Waals surface area (Å²) in [6, 6.07) is 7.57. The molecule has 0 spiro atoms. The zero-order chi connectivity index (χ0) is 11.5. The summed E-state index contributed by atoms with van der Waals surface area (Å²) < 4.78 is 0.981. The lowest BCUT2D eigenvalue weighted by atomic mass is 9.91. The van der Waals surface area contributed by atoms with Crippen LogP contribution in [0.2, 0.25) is 0 Å². The lowest BCUT2D eigenvalue weighted by molar-refractivity contribution is -0.124. The van der Waals surface area contributed by atoms with Gasteiger partial charge in [0.05, 0.1) is 0 Å². The molecule has 3 N–H and O–H groups in total. The summed E-state index contributed by atoms with van der Waals surface area (Å²) in [7, 11) is 0. The first kappa shape index (κ1) is 12.2. The van der Waals surface area contributed by atoms with E-state index in [1.807, 2.05) is 31.2 Å². The number of hydrogen-bond acceptors (Lipinski definition) is 2. The second-order valence-electron chi connectivity index (χ2n) is 3.53. The molecular weight excluding hydrogens is 256 g/mol. The van der Waals surface area contributed by atoms with Crippen molar-refractivity contribution >= 4 is 21.8 Å². The number of carbonyl (C=O) groups excluding carboxylic acids is 1. The molecule has 1 aromatic rings. The summed E-state index contributed by atoms with van der Waals surface area (Å²) in [5.41, 5.74) is 5.49. The molecule has 1 atom stereocenters. The largest absolute Gasteiger partial charge is 0.368 e. The van der Waals surface area contributed by atoms with Gasteiger partial charge in [0, 0.05) is 4.47 Å². The van der Waals surface area contributed by atoms with Gasteiger partial charge in [0.15, 0.2) is 0 Å². The molecule has 0 radical (unpaired) electrons. The van der Waals surface area contributed by atoms with E-state index in [4.69, 9.17) is 5.73 Å². The predicted octanol–water partition coefficient (Wildman–Crippen LogP) is 1.76. The van der Waals surface area contributed by atoms with Crippen molar-refractivity contribution in [1.82, 2.24) is 5.32 Å². The average molecular weight is 271 g/mol. The molecule has 0 aromatic heterocycles. The lowest BCUT2D eigenvalue weighted by Gasteiger charge is -2.27. The van der Waals surface area contributed by atoms with E-state index in [0.29, 0.717) is 6.54 Å². The molecule has 0 saturated heterocycles. The molecule has 82 valence electrons. The monoisotopic (exact) mass is 270 g/mol. The minimum Gasteiger partial charge on any atom is -0.368 e. The second kappa shape index (κ2) is 4.77. The van der Waals surface area contributed by atoms with Crippen molar-refractivity contribution in [3.05, 3.63) is 34.3 Å². The Labute approximate surface area is 98.2 Å². The van der Waals surface area contributed by atoms with Crippen LogP contribution in [-0.4, -0.2) is 12.5 Å². The Bertz CT molecular complexity index is 350. The third kappa shape index (κ3) is 2.58. The van der Waals surface area contributed by atoms with Gasteiger partial charge in [0.1, 0.15) is 5.54 Å². The number of nitrogens with one attached hydrogen (secondary N) is 1. The fraction of sp³-hybridized carbons (Fsp3) is 0.364. The van der Waals surface area contributed by atoms with Crippen LogP contribution in [0.3, 0.4) is 0 Å². The highest BCUT2D eigenvalue weighted by Crippen LogP contribution is 2.22. The van der Waals surface area contributed by atoms with Crippen molar-refractivity contribution in [2.24, 2.45) is 5.73 Å². The Kier molecular flexibility index (Phi) is 3.88. The van der Waals surface area contributed by atoms with E-state index >= 15 is 0 Å². The van der Waals surface area contributed by atoms with E-state index < -0.39 is 5.54 Å². The van der Waals surface area contributed by atoms with Gasteiger partial charge in [0.2, 0.25) is 5.91 Å². The SMILES string of the molecule is CCNC(C)(C(N)=O)c1ccc(Br)cc1. The zero-order valence-corrected chi connectivity index (χ0v) is 10.5. The molecule has 1 aromatic carbocycles. The Hall–Kier alpha value is -0.870. The van der Waals surface area contributed by atoms with E-state index in [1.165, 1.54) is 0 Å². The van der Waals surface area contributed by atoms with Crippen LogP contribution in [0.4, 0.5) is 0 Å².